The molecule has 0 aliphatic rings. The summed E-state index contributed by atoms with van der Waals surface area (Å²) >= 11 is 9.35. The van der Waals surface area contributed by atoms with E-state index in [0.717, 1.165) is 21.7 Å². The van der Waals surface area contributed by atoms with Crippen LogP contribution < -0.4 is 5.32 Å². The van der Waals surface area contributed by atoms with Crippen molar-refractivity contribution < 1.29 is 0 Å². The van der Waals surface area contributed by atoms with E-state index in [1.165, 1.54) is 11.1 Å². The molecule has 0 heterocycles. The summed E-state index contributed by atoms with van der Waals surface area (Å²) in [5.74, 6) is 0. The topological polar surface area (TPSA) is 12.0 Å². The molecular weight excluding hydrogens is 298 g/mol. The molecule has 0 radical (unpaired) electrons. The van der Waals surface area contributed by atoms with Gasteiger partial charge in [0.05, 0.1) is 5.02 Å². The highest BCUT2D eigenvalue weighted by Crippen LogP contribution is 2.25. The third-order valence-corrected chi connectivity index (χ3v) is 3.75. The molecule has 0 atom stereocenters. The molecule has 0 saturated carbocycles. The number of halogens is 2. The minimum atomic E-state index is 0.728. The first-order chi connectivity index (χ1) is 8.15. The molecule has 3 heteroatoms. The van der Waals surface area contributed by atoms with E-state index >= 15 is 0 Å². The van der Waals surface area contributed by atoms with Gasteiger partial charge in [-0.15, -0.1) is 0 Å². The maximum absolute atomic E-state index is 5.94. The van der Waals surface area contributed by atoms with Gasteiger partial charge in [-0.1, -0.05) is 41.4 Å². The van der Waals surface area contributed by atoms with Crippen LogP contribution in [-0.2, 0) is 6.54 Å². The molecule has 2 rings (SSSR count). The molecule has 1 nitrogen and oxygen atoms in total. The average Bonchev–Trinajstić information content (AvgIpc) is 2.33. The Hall–Kier alpha value is -0.990. The second kappa shape index (κ2) is 5.56. The zero-order chi connectivity index (χ0) is 12.3. The molecule has 2 aromatic rings. The standard InChI is InChI=1S/C14H13BrClN/c1-10-2-4-11(5-3-10)9-17-12-6-7-14(16)13(15)8-12/h2-8,17H,9H2,1H3. The Morgan fingerprint density at radius 1 is 1.12 bits per heavy atom. The molecule has 0 fully saturated rings. The van der Waals surface area contributed by atoms with Gasteiger partial charge < -0.3 is 5.32 Å². The summed E-state index contributed by atoms with van der Waals surface area (Å²) in [6.07, 6.45) is 0. The van der Waals surface area contributed by atoms with Crippen LogP contribution in [0.1, 0.15) is 11.1 Å². The second-order valence-electron chi connectivity index (χ2n) is 3.97. The van der Waals surface area contributed by atoms with E-state index < -0.39 is 0 Å². The molecule has 88 valence electrons. The smallest absolute Gasteiger partial charge is 0.0549 e. The number of rotatable bonds is 3. The fourth-order valence-corrected chi connectivity index (χ4v) is 2.01. The predicted octanol–water partition coefficient (Wildman–Crippen LogP) is 5.02. The van der Waals surface area contributed by atoms with Crippen LogP contribution in [-0.4, -0.2) is 0 Å². The zero-order valence-electron chi connectivity index (χ0n) is 9.50. The van der Waals surface area contributed by atoms with Crippen molar-refractivity contribution in [2.75, 3.05) is 5.32 Å². The number of nitrogens with one attached hydrogen (secondary N) is 1. The maximum atomic E-state index is 5.94. The lowest BCUT2D eigenvalue weighted by Gasteiger charge is -2.08. The minimum Gasteiger partial charge on any atom is -0.381 e. The molecule has 0 unspecified atom stereocenters. The van der Waals surface area contributed by atoms with Gasteiger partial charge in [0.25, 0.3) is 0 Å². The quantitative estimate of drug-likeness (QED) is 0.839. The summed E-state index contributed by atoms with van der Waals surface area (Å²) in [6.45, 7) is 2.90. The molecule has 0 spiro atoms. The molecule has 0 aromatic heterocycles. The number of anilines is 1. The molecule has 0 saturated heterocycles. The van der Waals surface area contributed by atoms with Gasteiger partial charge in [-0.3, -0.25) is 0 Å². The van der Waals surface area contributed by atoms with Crippen molar-refractivity contribution in [1.29, 1.82) is 0 Å². The van der Waals surface area contributed by atoms with E-state index in [9.17, 15) is 0 Å². The summed E-state index contributed by atoms with van der Waals surface area (Å²) in [4.78, 5) is 0. The Morgan fingerprint density at radius 3 is 2.47 bits per heavy atom. The van der Waals surface area contributed by atoms with Gasteiger partial charge in [0, 0.05) is 16.7 Å². The van der Waals surface area contributed by atoms with Gasteiger partial charge in [-0.05, 0) is 46.6 Å². The lowest BCUT2D eigenvalue weighted by Crippen LogP contribution is -1.99. The number of hydrogen-bond donors (Lipinski definition) is 1. The van der Waals surface area contributed by atoms with Crippen molar-refractivity contribution in [3.8, 4) is 0 Å². The zero-order valence-corrected chi connectivity index (χ0v) is 11.8. The van der Waals surface area contributed by atoms with E-state index in [2.05, 4.69) is 52.4 Å². The molecule has 0 aliphatic carbocycles. The lowest BCUT2D eigenvalue weighted by atomic mass is 10.1. The maximum Gasteiger partial charge on any atom is 0.0549 e. The molecule has 0 amide bonds. The first-order valence-corrected chi connectivity index (χ1v) is 6.57. The van der Waals surface area contributed by atoms with Gasteiger partial charge in [0.15, 0.2) is 0 Å². The van der Waals surface area contributed by atoms with Crippen LogP contribution in [0.15, 0.2) is 46.9 Å². The van der Waals surface area contributed by atoms with E-state index in [4.69, 9.17) is 11.6 Å². The van der Waals surface area contributed by atoms with Crippen molar-refractivity contribution in [2.24, 2.45) is 0 Å². The summed E-state index contributed by atoms with van der Waals surface area (Å²) in [5, 5.41) is 4.09. The molecule has 0 bridgehead atoms. The lowest BCUT2D eigenvalue weighted by molar-refractivity contribution is 1.14. The highest BCUT2D eigenvalue weighted by atomic mass is 79.9. The summed E-state index contributed by atoms with van der Waals surface area (Å²) < 4.78 is 0.910. The first kappa shape index (κ1) is 12.5. The normalized spacial score (nSPS) is 10.3. The molecule has 17 heavy (non-hydrogen) atoms. The Kier molecular flexibility index (Phi) is 4.08. The Labute approximate surface area is 115 Å². The van der Waals surface area contributed by atoms with Gasteiger partial charge in [-0.25, -0.2) is 0 Å². The van der Waals surface area contributed by atoms with Crippen LogP contribution in [0.25, 0.3) is 0 Å². The largest absolute Gasteiger partial charge is 0.381 e. The number of aryl methyl sites for hydroxylation is 1. The molecule has 0 aliphatic heterocycles. The van der Waals surface area contributed by atoms with Crippen molar-refractivity contribution >= 4 is 33.2 Å². The fraction of sp³-hybridized carbons (Fsp3) is 0.143. The van der Waals surface area contributed by atoms with Gasteiger partial charge in [0.2, 0.25) is 0 Å². The van der Waals surface area contributed by atoms with Gasteiger partial charge >= 0.3 is 0 Å². The second-order valence-corrected chi connectivity index (χ2v) is 5.23. The van der Waals surface area contributed by atoms with Crippen molar-refractivity contribution in [1.82, 2.24) is 0 Å². The van der Waals surface area contributed by atoms with E-state index in [1.807, 2.05) is 18.2 Å². The molecule has 1 N–H and O–H groups in total. The summed E-state index contributed by atoms with van der Waals surface area (Å²) in [6, 6.07) is 14.3. The summed E-state index contributed by atoms with van der Waals surface area (Å²) in [7, 11) is 0. The van der Waals surface area contributed by atoms with Crippen LogP contribution in [0, 0.1) is 6.92 Å². The SMILES string of the molecule is Cc1ccc(CNc2ccc(Cl)c(Br)c2)cc1. The predicted molar refractivity (Wildman–Crippen MR) is 77.7 cm³/mol. The van der Waals surface area contributed by atoms with E-state index in [1.54, 1.807) is 0 Å². The van der Waals surface area contributed by atoms with Crippen LogP contribution in [0.3, 0.4) is 0 Å². The third kappa shape index (κ3) is 3.48. The van der Waals surface area contributed by atoms with Crippen LogP contribution >= 0.6 is 27.5 Å². The van der Waals surface area contributed by atoms with Crippen LogP contribution in [0.4, 0.5) is 5.69 Å². The van der Waals surface area contributed by atoms with Gasteiger partial charge in [0.1, 0.15) is 0 Å². The first-order valence-electron chi connectivity index (χ1n) is 5.39. The van der Waals surface area contributed by atoms with Crippen molar-refractivity contribution in [3.05, 3.63) is 63.1 Å². The molecule has 2 aromatic carbocycles. The Morgan fingerprint density at radius 2 is 1.82 bits per heavy atom. The fourth-order valence-electron chi connectivity index (χ4n) is 1.52. The van der Waals surface area contributed by atoms with Gasteiger partial charge in [-0.2, -0.15) is 0 Å². The van der Waals surface area contributed by atoms with Crippen molar-refractivity contribution in [3.63, 3.8) is 0 Å². The monoisotopic (exact) mass is 309 g/mol. The van der Waals surface area contributed by atoms with Crippen molar-refractivity contribution in [2.45, 2.75) is 13.5 Å². The average molecular weight is 311 g/mol. The van der Waals surface area contributed by atoms with E-state index in [0.29, 0.717) is 0 Å². The molecular formula is C14H13BrClN. The number of hydrogen-bond acceptors (Lipinski definition) is 1. The number of benzene rings is 2. The highest BCUT2D eigenvalue weighted by molar-refractivity contribution is 9.10. The summed E-state index contributed by atoms with van der Waals surface area (Å²) in [5.41, 5.74) is 3.60. The Balaban J connectivity index is 2.02. The third-order valence-electron chi connectivity index (χ3n) is 2.54. The van der Waals surface area contributed by atoms with E-state index in [-0.39, 0.29) is 0 Å². The highest BCUT2D eigenvalue weighted by Gasteiger charge is 1.99. The van der Waals surface area contributed by atoms with Crippen LogP contribution in [0.2, 0.25) is 5.02 Å². The Bertz CT molecular complexity index is 508. The minimum absolute atomic E-state index is 0.728. The van der Waals surface area contributed by atoms with Crippen LogP contribution in [0.5, 0.6) is 0 Å².